The number of hydrogen-bond donors (Lipinski definition) is 0. The van der Waals surface area contributed by atoms with E-state index in [1.807, 2.05) is 18.2 Å². The third-order valence-electron chi connectivity index (χ3n) is 4.03. The summed E-state index contributed by atoms with van der Waals surface area (Å²) >= 11 is 0. The number of ether oxygens (including phenoxy) is 2. The van der Waals surface area contributed by atoms with Crippen molar-refractivity contribution in [3.8, 4) is 11.5 Å². The van der Waals surface area contributed by atoms with Gasteiger partial charge in [0, 0.05) is 23.9 Å². The summed E-state index contributed by atoms with van der Waals surface area (Å²) in [4.78, 5) is 0. The second kappa shape index (κ2) is 7.34. The number of rotatable bonds is 4. The number of aromatic nitrogens is 1. The van der Waals surface area contributed by atoms with E-state index in [1.54, 1.807) is 14.2 Å². The van der Waals surface area contributed by atoms with E-state index in [4.69, 9.17) is 9.47 Å². The summed E-state index contributed by atoms with van der Waals surface area (Å²) in [7, 11) is 3.32. The smallest absolute Gasteiger partial charge is 0.180 e. The quantitative estimate of drug-likeness (QED) is 0.659. The fourth-order valence-corrected chi connectivity index (χ4v) is 2.68. The molecule has 1 heterocycles. The highest BCUT2D eigenvalue weighted by molar-refractivity contribution is 5.84. The number of pyridine rings is 1. The first-order valence-corrected chi connectivity index (χ1v) is 7.34. The number of benzene rings is 2. The van der Waals surface area contributed by atoms with Crippen molar-refractivity contribution >= 4 is 10.8 Å². The Labute approximate surface area is 142 Å². The number of fused-ring (bicyclic) bond motifs is 1. The second-order valence-corrected chi connectivity index (χ2v) is 5.31. The van der Waals surface area contributed by atoms with Crippen molar-refractivity contribution in [2.75, 3.05) is 14.2 Å². The van der Waals surface area contributed by atoms with Crippen LogP contribution in [0.2, 0.25) is 0 Å². The molecule has 0 spiro atoms. The molecule has 23 heavy (non-hydrogen) atoms. The molecule has 0 N–H and O–H groups in total. The van der Waals surface area contributed by atoms with Crippen LogP contribution < -0.4 is 26.4 Å². The molecule has 120 valence electrons. The van der Waals surface area contributed by atoms with Crippen molar-refractivity contribution in [1.82, 2.24) is 0 Å². The molecule has 0 radical (unpaired) electrons. The maximum absolute atomic E-state index is 5.40. The van der Waals surface area contributed by atoms with Crippen molar-refractivity contribution < 1.29 is 26.4 Å². The van der Waals surface area contributed by atoms with Crippen LogP contribution in [0.3, 0.4) is 0 Å². The van der Waals surface area contributed by atoms with Crippen LogP contribution in [0.15, 0.2) is 60.9 Å². The van der Waals surface area contributed by atoms with E-state index in [-0.39, 0.29) is 18.4 Å². The third kappa shape index (κ3) is 3.40. The second-order valence-electron chi connectivity index (χ2n) is 5.31. The Hall–Kier alpha value is -2.26. The molecule has 1 aromatic heterocycles. The highest BCUT2D eigenvalue weighted by Crippen LogP contribution is 2.31. The lowest BCUT2D eigenvalue weighted by atomic mass is 10.1. The average molecular weight is 330 g/mol. The van der Waals surface area contributed by atoms with E-state index >= 15 is 0 Å². The summed E-state index contributed by atoms with van der Waals surface area (Å²) in [5.74, 6) is 1.50. The molecule has 0 aliphatic heterocycles. The minimum absolute atomic E-state index is 0. The van der Waals surface area contributed by atoms with Gasteiger partial charge in [-0.05, 0) is 17.5 Å². The Morgan fingerprint density at radius 3 is 2.09 bits per heavy atom. The van der Waals surface area contributed by atoms with Gasteiger partial charge in [0.2, 0.25) is 0 Å². The Bertz CT molecular complexity index is 790. The summed E-state index contributed by atoms with van der Waals surface area (Å²) in [6.07, 6.45) is 4.25. The minimum atomic E-state index is 0. The van der Waals surface area contributed by atoms with Crippen LogP contribution in [0.4, 0.5) is 0 Å². The molecule has 0 amide bonds. The van der Waals surface area contributed by atoms with Gasteiger partial charge in [0.25, 0.3) is 0 Å². The van der Waals surface area contributed by atoms with Gasteiger partial charge in [-0.1, -0.05) is 30.3 Å². The van der Waals surface area contributed by atoms with Crippen LogP contribution in [0.1, 0.15) is 18.5 Å². The molecule has 0 unspecified atom stereocenters. The third-order valence-corrected chi connectivity index (χ3v) is 4.03. The SMILES string of the molecule is COc1cc2cc[n+]([C@@H](C)c3ccccc3)cc2cc1OC.[Cl-]. The Morgan fingerprint density at radius 2 is 1.48 bits per heavy atom. The van der Waals surface area contributed by atoms with Crippen LogP contribution >= 0.6 is 0 Å². The topological polar surface area (TPSA) is 22.3 Å². The molecule has 0 aliphatic carbocycles. The standard InChI is InChI=1S/C19H20NO2.ClH/c1-14(15-7-5-4-6-8-15)20-10-9-16-11-18(21-2)19(22-3)12-17(16)13-20;/h4-14H,1-3H3;1H/q+1;/p-1/t14-;/m0./s1. The van der Waals surface area contributed by atoms with Gasteiger partial charge in [-0.2, -0.15) is 4.57 Å². The fraction of sp³-hybridized carbons (Fsp3) is 0.211. The van der Waals surface area contributed by atoms with Gasteiger partial charge < -0.3 is 21.9 Å². The Kier molecular flexibility index (Phi) is 5.45. The predicted molar refractivity (Wildman–Crippen MR) is 87.5 cm³/mol. The van der Waals surface area contributed by atoms with E-state index < -0.39 is 0 Å². The van der Waals surface area contributed by atoms with E-state index in [0.717, 1.165) is 22.3 Å². The molecule has 0 saturated heterocycles. The lowest BCUT2D eigenvalue weighted by Gasteiger charge is -2.11. The monoisotopic (exact) mass is 329 g/mol. The molecule has 4 heteroatoms. The molecule has 3 aromatic rings. The van der Waals surface area contributed by atoms with E-state index in [2.05, 4.69) is 54.2 Å². The van der Waals surface area contributed by atoms with Gasteiger partial charge in [0.1, 0.15) is 0 Å². The Balaban J connectivity index is 0.00000192. The minimum Gasteiger partial charge on any atom is -1.00 e. The molecule has 0 fully saturated rings. The first-order chi connectivity index (χ1) is 10.7. The molecule has 0 bridgehead atoms. The largest absolute Gasteiger partial charge is 1.00 e. The van der Waals surface area contributed by atoms with Crippen molar-refractivity contribution in [2.24, 2.45) is 0 Å². The molecular weight excluding hydrogens is 310 g/mol. The van der Waals surface area contributed by atoms with Gasteiger partial charge in [0.15, 0.2) is 29.9 Å². The Morgan fingerprint density at radius 1 is 0.870 bits per heavy atom. The summed E-state index contributed by atoms with van der Waals surface area (Å²) in [6, 6.07) is 16.9. The van der Waals surface area contributed by atoms with E-state index in [0.29, 0.717) is 0 Å². The number of methoxy groups -OCH3 is 2. The average Bonchev–Trinajstić information content (AvgIpc) is 2.60. The van der Waals surface area contributed by atoms with Crippen molar-refractivity contribution in [3.63, 3.8) is 0 Å². The molecule has 0 aliphatic rings. The van der Waals surface area contributed by atoms with Gasteiger partial charge in [-0.15, -0.1) is 0 Å². The van der Waals surface area contributed by atoms with Gasteiger partial charge in [-0.25, -0.2) is 0 Å². The maximum atomic E-state index is 5.40. The molecule has 1 atom stereocenters. The summed E-state index contributed by atoms with van der Waals surface area (Å²) in [5, 5.41) is 2.26. The summed E-state index contributed by atoms with van der Waals surface area (Å²) in [6.45, 7) is 2.20. The predicted octanol–water partition coefficient (Wildman–Crippen LogP) is 0.758. The first-order valence-electron chi connectivity index (χ1n) is 7.34. The fourth-order valence-electron chi connectivity index (χ4n) is 2.68. The molecule has 0 saturated carbocycles. The maximum Gasteiger partial charge on any atom is 0.180 e. The van der Waals surface area contributed by atoms with Gasteiger partial charge in [-0.3, -0.25) is 0 Å². The van der Waals surface area contributed by atoms with Crippen molar-refractivity contribution in [1.29, 1.82) is 0 Å². The van der Waals surface area contributed by atoms with Crippen LogP contribution in [-0.4, -0.2) is 14.2 Å². The highest BCUT2D eigenvalue weighted by atomic mass is 35.5. The van der Waals surface area contributed by atoms with Crippen LogP contribution in [0.5, 0.6) is 11.5 Å². The summed E-state index contributed by atoms with van der Waals surface area (Å²) < 4.78 is 13.0. The molecule has 2 aromatic carbocycles. The lowest BCUT2D eigenvalue weighted by molar-refractivity contribution is -0.709. The summed E-state index contributed by atoms with van der Waals surface area (Å²) in [5.41, 5.74) is 1.28. The molecule has 3 rings (SSSR count). The van der Waals surface area contributed by atoms with Crippen LogP contribution in [-0.2, 0) is 0 Å². The zero-order valence-electron chi connectivity index (χ0n) is 13.5. The van der Waals surface area contributed by atoms with Crippen molar-refractivity contribution in [3.05, 3.63) is 66.5 Å². The van der Waals surface area contributed by atoms with Gasteiger partial charge in [0.05, 0.1) is 14.2 Å². The van der Waals surface area contributed by atoms with Crippen LogP contribution in [0.25, 0.3) is 10.8 Å². The molecule has 3 nitrogen and oxygen atoms in total. The van der Waals surface area contributed by atoms with Gasteiger partial charge >= 0.3 is 0 Å². The zero-order chi connectivity index (χ0) is 15.5. The zero-order valence-corrected chi connectivity index (χ0v) is 14.2. The highest BCUT2D eigenvalue weighted by Gasteiger charge is 2.16. The van der Waals surface area contributed by atoms with Crippen LogP contribution in [0, 0.1) is 0 Å². The normalized spacial score (nSPS) is 11.6. The number of halogens is 1. The number of hydrogen-bond acceptors (Lipinski definition) is 2. The van der Waals surface area contributed by atoms with E-state index in [9.17, 15) is 0 Å². The van der Waals surface area contributed by atoms with E-state index in [1.165, 1.54) is 5.56 Å². The lowest BCUT2D eigenvalue weighted by Crippen LogP contribution is -3.00. The number of nitrogens with zero attached hydrogens (tertiary/aromatic N) is 1. The van der Waals surface area contributed by atoms with Crippen molar-refractivity contribution in [2.45, 2.75) is 13.0 Å². The molecular formula is C19H20ClNO2. The first kappa shape index (κ1) is 17.1.